The number of aromatic nitrogens is 1. The van der Waals surface area contributed by atoms with Crippen molar-refractivity contribution >= 4 is 0 Å². The Bertz CT molecular complexity index is 447. The molecular formula is C15H23N3. The van der Waals surface area contributed by atoms with Gasteiger partial charge in [-0.25, -0.2) is 0 Å². The van der Waals surface area contributed by atoms with Crippen LogP contribution in [0, 0.1) is 24.2 Å². The maximum atomic E-state index is 9.01. The van der Waals surface area contributed by atoms with E-state index in [4.69, 9.17) is 5.26 Å². The van der Waals surface area contributed by atoms with Gasteiger partial charge in [-0.15, -0.1) is 0 Å². The van der Waals surface area contributed by atoms with Gasteiger partial charge in [0, 0.05) is 25.3 Å². The van der Waals surface area contributed by atoms with Gasteiger partial charge in [-0.05, 0) is 44.2 Å². The average molecular weight is 245 g/mol. The van der Waals surface area contributed by atoms with Crippen LogP contribution in [0.2, 0.25) is 0 Å². The van der Waals surface area contributed by atoms with Crippen molar-refractivity contribution in [1.29, 1.82) is 5.26 Å². The lowest BCUT2D eigenvalue weighted by Crippen LogP contribution is -2.31. The first-order valence-electron chi connectivity index (χ1n) is 6.92. The summed E-state index contributed by atoms with van der Waals surface area (Å²) in [7, 11) is 1.96. The molecule has 3 heteroatoms. The van der Waals surface area contributed by atoms with E-state index >= 15 is 0 Å². The van der Waals surface area contributed by atoms with Crippen LogP contribution in [0.25, 0.3) is 0 Å². The van der Waals surface area contributed by atoms with Gasteiger partial charge in [-0.3, -0.25) is 0 Å². The van der Waals surface area contributed by atoms with Crippen molar-refractivity contribution in [2.45, 2.75) is 52.1 Å². The summed E-state index contributed by atoms with van der Waals surface area (Å²) in [4.78, 5) is 0. The summed E-state index contributed by atoms with van der Waals surface area (Å²) in [5, 5.41) is 12.6. The Hall–Kier alpha value is -1.27. The normalized spacial score (nSPS) is 17.9. The molecule has 1 saturated carbocycles. The second-order valence-electron chi connectivity index (χ2n) is 5.53. The Labute approximate surface area is 110 Å². The molecule has 1 N–H and O–H groups in total. The van der Waals surface area contributed by atoms with Crippen molar-refractivity contribution in [3.05, 3.63) is 23.0 Å². The highest BCUT2D eigenvalue weighted by molar-refractivity contribution is 5.34. The predicted molar refractivity (Wildman–Crippen MR) is 73.1 cm³/mol. The third kappa shape index (κ3) is 2.59. The van der Waals surface area contributed by atoms with E-state index in [0.29, 0.717) is 6.04 Å². The predicted octanol–water partition coefficient (Wildman–Crippen LogP) is 2.87. The lowest BCUT2D eigenvalue weighted by Gasteiger charge is -2.20. The van der Waals surface area contributed by atoms with E-state index in [-0.39, 0.29) is 0 Å². The van der Waals surface area contributed by atoms with Gasteiger partial charge in [0.1, 0.15) is 11.8 Å². The Morgan fingerprint density at radius 1 is 1.50 bits per heavy atom. The summed E-state index contributed by atoms with van der Waals surface area (Å²) in [6, 6.07) is 4.82. The van der Waals surface area contributed by atoms with Gasteiger partial charge in [0.05, 0.1) is 0 Å². The SMILES string of the molecule is Cc1c(CNC(C)C2CCCC2)cc(C#N)n1C. The van der Waals surface area contributed by atoms with Gasteiger partial charge >= 0.3 is 0 Å². The minimum atomic E-state index is 0.581. The maximum absolute atomic E-state index is 9.01. The highest BCUT2D eigenvalue weighted by atomic mass is 15.0. The molecule has 18 heavy (non-hydrogen) atoms. The van der Waals surface area contributed by atoms with Crippen LogP contribution in [0.1, 0.15) is 49.6 Å². The summed E-state index contributed by atoms with van der Waals surface area (Å²) in [6.45, 7) is 5.25. The number of nitrogens with zero attached hydrogens (tertiary/aromatic N) is 2. The van der Waals surface area contributed by atoms with Crippen LogP contribution in [0.15, 0.2) is 6.07 Å². The van der Waals surface area contributed by atoms with Crippen LogP contribution in [0.3, 0.4) is 0 Å². The molecule has 1 unspecified atom stereocenters. The number of hydrogen-bond donors (Lipinski definition) is 1. The van der Waals surface area contributed by atoms with E-state index in [1.807, 2.05) is 17.7 Å². The Balaban J connectivity index is 1.95. The standard InChI is InChI=1S/C15H23N3/c1-11(13-6-4-5-7-13)17-10-14-8-15(9-16)18(3)12(14)2/h8,11,13,17H,4-7,10H2,1-3H3. The van der Waals surface area contributed by atoms with Gasteiger partial charge in [-0.2, -0.15) is 5.26 Å². The van der Waals surface area contributed by atoms with Crippen molar-refractivity contribution in [3.63, 3.8) is 0 Å². The molecule has 1 aromatic heterocycles. The number of hydrogen-bond acceptors (Lipinski definition) is 2. The van der Waals surface area contributed by atoms with Crippen LogP contribution in [-0.2, 0) is 13.6 Å². The molecule has 98 valence electrons. The van der Waals surface area contributed by atoms with Gasteiger partial charge < -0.3 is 9.88 Å². The van der Waals surface area contributed by atoms with E-state index in [1.54, 1.807) is 0 Å². The molecule has 0 amide bonds. The molecule has 1 atom stereocenters. The first-order valence-corrected chi connectivity index (χ1v) is 6.92. The lowest BCUT2D eigenvalue weighted by atomic mass is 9.99. The van der Waals surface area contributed by atoms with Gasteiger partial charge in [0.2, 0.25) is 0 Å². The molecule has 1 fully saturated rings. The van der Waals surface area contributed by atoms with E-state index in [1.165, 1.54) is 36.9 Å². The number of nitriles is 1. The topological polar surface area (TPSA) is 40.8 Å². The molecule has 1 aliphatic carbocycles. The molecule has 2 rings (SSSR count). The van der Waals surface area contributed by atoms with E-state index in [0.717, 1.165) is 18.2 Å². The van der Waals surface area contributed by atoms with E-state index < -0.39 is 0 Å². The largest absolute Gasteiger partial charge is 0.340 e. The monoisotopic (exact) mass is 245 g/mol. The molecule has 3 nitrogen and oxygen atoms in total. The van der Waals surface area contributed by atoms with Crippen molar-refractivity contribution in [2.24, 2.45) is 13.0 Å². The molecule has 1 aromatic rings. The van der Waals surface area contributed by atoms with Crippen molar-refractivity contribution in [1.82, 2.24) is 9.88 Å². The molecular weight excluding hydrogens is 222 g/mol. The molecule has 1 heterocycles. The highest BCUT2D eigenvalue weighted by Crippen LogP contribution is 2.27. The summed E-state index contributed by atoms with van der Waals surface area (Å²) < 4.78 is 1.97. The third-order valence-corrected chi connectivity index (χ3v) is 4.48. The van der Waals surface area contributed by atoms with Crippen LogP contribution in [0.5, 0.6) is 0 Å². The summed E-state index contributed by atoms with van der Waals surface area (Å²) >= 11 is 0. The molecule has 0 saturated heterocycles. The first-order chi connectivity index (χ1) is 8.63. The fourth-order valence-corrected chi connectivity index (χ4v) is 2.94. The second kappa shape index (κ2) is 5.58. The zero-order valence-electron chi connectivity index (χ0n) is 11.7. The highest BCUT2D eigenvalue weighted by Gasteiger charge is 2.21. The smallest absolute Gasteiger partial charge is 0.120 e. The average Bonchev–Trinajstić information content (AvgIpc) is 2.98. The van der Waals surface area contributed by atoms with Crippen LogP contribution in [-0.4, -0.2) is 10.6 Å². The number of rotatable bonds is 4. The molecule has 0 aliphatic heterocycles. The third-order valence-electron chi connectivity index (χ3n) is 4.48. The number of nitrogens with one attached hydrogen (secondary N) is 1. The van der Waals surface area contributed by atoms with Crippen molar-refractivity contribution < 1.29 is 0 Å². The zero-order chi connectivity index (χ0) is 13.1. The molecule has 1 aliphatic rings. The Morgan fingerprint density at radius 3 is 2.72 bits per heavy atom. The first kappa shape index (κ1) is 13.2. The lowest BCUT2D eigenvalue weighted by molar-refractivity contribution is 0.380. The minimum Gasteiger partial charge on any atom is -0.340 e. The molecule has 0 spiro atoms. The zero-order valence-corrected chi connectivity index (χ0v) is 11.7. The minimum absolute atomic E-state index is 0.581. The Kier molecular flexibility index (Phi) is 4.08. The van der Waals surface area contributed by atoms with Crippen LogP contribution in [0.4, 0.5) is 0 Å². The van der Waals surface area contributed by atoms with E-state index in [9.17, 15) is 0 Å². The molecule has 0 radical (unpaired) electrons. The van der Waals surface area contributed by atoms with E-state index in [2.05, 4.69) is 25.2 Å². The molecule has 0 bridgehead atoms. The van der Waals surface area contributed by atoms with Crippen molar-refractivity contribution in [2.75, 3.05) is 0 Å². The van der Waals surface area contributed by atoms with Crippen LogP contribution >= 0.6 is 0 Å². The summed E-state index contributed by atoms with van der Waals surface area (Å²) in [5.74, 6) is 0.837. The van der Waals surface area contributed by atoms with Crippen molar-refractivity contribution in [3.8, 4) is 6.07 Å². The quantitative estimate of drug-likeness (QED) is 0.886. The van der Waals surface area contributed by atoms with Gasteiger partial charge in [0.15, 0.2) is 0 Å². The van der Waals surface area contributed by atoms with Crippen LogP contribution < -0.4 is 5.32 Å². The van der Waals surface area contributed by atoms with Gasteiger partial charge in [-0.1, -0.05) is 12.8 Å². The molecule has 0 aromatic carbocycles. The maximum Gasteiger partial charge on any atom is 0.120 e. The Morgan fingerprint density at radius 2 is 2.17 bits per heavy atom. The summed E-state index contributed by atoms with van der Waals surface area (Å²) in [6.07, 6.45) is 5.51. The second-order valence-corrected chi connectivity index (χ2v) is 5.53. The fourth-order valence-electron chi connectivity index (χ4n) is 2.94. The van der Waals surface area contributed by atoms with Gasteiger partial charge in [0.25, 0.3) is 0 Å². The summed E-state index contributed by atoms with van der Waals surface area (Å²) in [5.41, 5.74) is 3.19. The fraction of sp³-hybridized carbons (Fsp3) is 0.667.